The molecule has 0 radical (unpaired) electrons. The number of fused-ring (bicyclic) bond motifs is 1. The van der Waals surface area contributed by atoms with Crippen molar-refractivity contribution < 1.29 is 38.4 Å². The van der Waals surface area contributed by atoms with E-state index in [1.54, 1.807) is 21.9 Å². The third-order valence-corrected chi connectivity index (χ3v) is 8.77. The Hall–Kier alpha value is -3.50. The normalized spacial score (nSPS) is 24.0. The Balaban J connectivity index is 1.44. The van der Waals surface area contributed by atoms with Gasteiger partial charge in [0.25, 0.3) is 5.91 Å². The zero-order valence-electron chi connectivity index (χ0n) is 23.9. The number of halogens is 1. The van der Waals surface area contributed by atoms with Gasteiger partial charge in [0, 0.05) is 35.3 Å². The van der Waals surface area contributed by atoms with Crippen LogP contribution in [-0.4, -0.2) is 72.8 Å². The van der Waals surface area contributed by atoms with Gasteiger partial charge in [-0.3, -0.25) is 19.3 Å². The second kappa shape index (κ2) is 11.0. The predicted molar refractivity (Wildman–Crippen MR) is 153 cm³/mol. The highest BCUT2D eigenvalue weighted by Crippen LogP contribution is 2.52. The third-order valence-electron chi connectivity index (χ3n) is 8.55. The van der Waals surface area contributed by atoms with E-state index >= 15 is 0 Å². The molecule has 4 aliphatic rings. The molecule has 2 amide bonds. The van der Waals surface area contributed by atoms with Crippen molar-refractivity contribution in [3.05, 3.63) is 46.5 Å². The zero-order valence-corrected chi connectivity index (χ0v) is 24.7. The number of hydrogen-bond donors (Lipinski definition) is 1. The molecule has 4 aliphatic heterocycles. The summed E-state index contributed by atoms with van der Waals surface area (Å²) < 4.78 is 24.8. The summed E-state index contributed by atoms with van der Waals surface area (Å²) in [6, 6.07) is 8.67. The fraction of sp³-hybridized carbons (Fsp3) is 0.516. The minimum Gasteiger partial charge on any atom is -0.489 e. The lowest BCUT2D eigenvalue weighted by Crippen LogP contribution is -2.56. The lowest BCUT2D eigenvalue weighted by Gasteiger charge is -2.44. The Labute approximate surface area is 249 Å². The topological polar surface area (TPSA) is 115 Å². The highest BCUT2D eigenvalue weighted by atomic mass is 35.5. The number of anilines is 1. The molecular formula is C31H35ClN2O8. The standard InChI is InChI=1S/C31H35ClN2O8/c1-31(2,3)24-16-41-22-14-18(32)13-20-26(22)34(24)29(36)23(15-25(35)33-9-7-17(8-10-33)30(37)38)42-27(20)19-5-4-6-21-28(19)40-12-11-39-21/h4-6,13-14,17,23-24,27H,7-12,15-16H2,1-3H3,(H,37,38)/t23-,24+,27-/m1/s1. The molecule has 0 bridgehead atoms. The number of para-hydroxylation sites is 1. The molecule has 0 aliphatic carbocycles. The van der Waals surface area contributed by atoms with Gasteiger partial charge in [0.2, 0.25) is 5.91 Å². The van der Waals surface area contributed by atoms with Crippen molar-refractivity contribution >= 4 is 35.1 Å². The van der Waals surface area contributed by atoms with Crippen LogP contribution in [0.25, 0.3) is 0 Å². The second-order valence-corrected chi connectivity index (χ2v) is 12.8. The fourth-order valence-corrected chi connectivity index (χ4v) is 6.47. The molecule has 1 saturated heterocycles. The summed E-state index contributed by atoms with van der Waals surface area (Å²) in [5.74, 6) is -0.338. The molecule has 0 unspecified atom stereocenters. The van der Waals surface area contributed by atoms with E-state index < -0.39 is 24.1 Å². The number of carbonyl (C=O) groups is 3. The van der Waals surface area contributed by atoms with Gasteiger partial charge in [-0.05, 0) is 30.4 Å². The number of hydrogen-bond acceptors (Lipinski definition) is 7. The van der Waals surface area contributed by atoms with Crippen molar-refractivity contribution in [2.75, 3.05) is 37.8 Å². The van der Waals surface area contributed by atoms with E-state index in [4.69, 9.17) is 30.5 Å². The van der Waals surface area contributed by atoms with E-state index in [9.17, 15) is 19.5 Å². The molecule has 10 nitrogen and oxygen atoms in total. The van der Waals surface area contributed by atoms with Crippen LogP contribution in [0.3, 0.4) is 0 Å². The number of benzene rings is 2. The van der Waals surface area contributed by atoms with Gasteiger partial charge in [-0.25, -0.2) is 0 Å². The van der Waals surface area contributed by atoms with Gasteiger partial charge in [0.1, 0.15) is 37.8 Å². The van der Waals surface area contributed by atoms with Crippen molar-refractivity contribution in [1.29, 1.82) is 0 Å². The highest BCUT2D eigenvalue weighted by molar-refractivity contribution is 6.31. The number of carboxylic acid groups (broad SMARTS) is 1. The van der Waals surface area contributed by atoms with Gasteiger partial charge in [0.15, 0.2) is 11.5 Å². The zero-order chi connectivity index (χ0) is 29.8. The van der Waals surface area contributed by atoms with Crippen LogP contribution in [0, 0.1) is 11.3 Å². The SMILES string of the molecule is CC(C)(C)[C@@H]1COc2cc(Cl)cc3c2N1C(=O)[C@@H](CC(=O)N1CCC(C(=O)O)CC1)O[C@@H]3c1cccc2c1OCCO2. The van der Waals surface area contributed by atoms with Gasteiger partial charge >= 0.3 is 5.97 Å². The molecule has 42 heavy (non-hydrogen) atoms. The molecule has 2 aromatic rings. The maximum Gasteiger partial charge on any atom is 0.306 e. The largest absolute Gasteiger partial charge is 0.489 e. The Kier molecular flexibility index (Phi) is 7.47. The summed E-state index contributed by atoms with van der Waals surface area (Å²) in [6.45, 7) is 7.81. The lowest BCUT2D eigenvalue weighted by atomic mass is 9.84. The average Bonchev–Trinajstić information content (AvgIpc) is 3.07. The minimum atomic E-state index is -1.12. The average molecular weight is 599 g/mol. The molecule has 3 atom stereocenters. The summed E-state index contributed by atoms with van der Waals surface area (Å²) >= 11 is 6.60. The van der Waals surface area contributed by atoms with E-state index in [1.807, 2.05) is 39.0 Å². The van der Waals surface area contributed by atoms with Gasteiger partial charge in [-0.1, -0.05) is 44.5 Å². The van der Waals surface area contributed by atoms with Crippen LogP contribution >= 0.6 is 11.6 Å². The molecule has 4 heterocycles. The van der Waals surface area contributed by atoms with Crippen LogP contribution in [0.15, 0.2) is 30.3 Å². The summed E-state index contributed by atoms with van der Waals surface area (Å²) in [5, 5.41) is 9.81. The van der Waals surface area contributed by atoms with Crippen LogP contribution < -0.4 is 19.1 Å². The summed E-state index contributed by atoms with van der Waals surface area (Å²) in [4.78, 5) is 42.9. The van der Waals surface area contributed by atoms with Crippen molar-refractivity contribution in [3.8, 4) is 17.2 Å². The maximum absolute atomic E-state index is 14.5. The van der Waals surface area contributed by atoms with Gasteiger partial charge in [-0.2, -0.15) is 0 Å². The van der Waals surface area contributed by atoms with E-state index in [-0.39, 0.29) is 36.3 Å². The van der Waals surface area contributed by atoms with Crippen LogP contribution in [0.1, 0.15) is 57.3 Å². The summed E-state index contributed by atoms with van der Waals surface area (Å²) in [7, 11) is 0. The Morgan fingerprint density at radius 3 is 2.48 bits per heavy atom. The monoisotopic (exact) mass is 598 g/mol. The van der Waals surface area contributed by atoms with E-state index in [2.05, 4.69) is 0 Å². The molecule has 0 aromatic heterocycles. The van der Waals surface area contributed by atoms with Gasteiger partial charge in [0.05, 0.1) is 24.1 Å². The van der Waals surface area contributed by atoms with Crippen molar-refractivity contribution in [2.45, 2.75) is 58.3 Å². The minimum absolute atomic E-state index is 0.190. The molecule has 0 saturated carbocycles. The number of aliphatic carboxylic acids is 1. The molecular weight excluding hydrogens is 564 g/mol. The molecule has 0 spiro atoms. The van der Waals surface area contributed by atoms with Crippen molar-refractivity contribution in [2.24, 2.45) is 11.3 Å². The number of rotatable bonds is 4. The smallest absolute Gasteiger partial charge is 0.306 e. The Morgan fingerprint density at radius 2 is 1.76 bits per heavy atom. The first-order chi connectivity index (χ1) is 20.0. The Morgan fingerprint density at radius 1 is 1.02 bits per heavy atom. The third kappa shape index (κ3) is 5.15. The number of carboxylic acids is 1. The number of carbonyl (C=O) groups excluding carboxylic acids is 2. The molecule has 2 aromatic carbocycles. The summed E-state index contributed by atoms with van der Waals surface area (Å²) in [5.41, 5.74) is 1.51. The second-order valence-electron chi connectivity index (χ2n) is 12.3. The van der Waals surface area contributed by atoms with E-state index in [1.165, 1.54) is 0 Å². The predicted octanol–water partition coefficient (Wildman–Crippen LogP) is 4.45. The van der Waals surface area contributed by atoms with E-state index in [0.29, 0.717) is 78.2 Å². The lowest BCUT2D eigenvalue weighted by molar-refractivity contribution is -0.148. The van der Waals surface area contributed by atoms with Crippen molar-refractivity contribution in [1.82, 2.24) is 4.90 Å². The quantitative estimate of drug-likeness (QED) is 0.549. The number of likely N-dealkylation sites (tertiary alicyclic amines) is 1. The number of piperidine rings is 1. The molecule has 11 heteroatoms. The first-order valence-electron chi connectivity index (χ1n) is 14.4. The van der Waals surface area contributed by atoms with Crippen LogP contribution in [0.4, 0.5) is 5.69 Å². The van der Waals surface area contributed by atoms with E-state index in [0.717, 1.165) is 0 Å². The molecule has 224 valence electrons. The van der Waals surface area contributed by atoms with Crippen LogP contribution in [-0.2, 0) is 19.1 Å². The fourth-order valence-electron chi connectivity index (χ4n) is 6.26. The number of nitrogens with zero attached hydrogens (tertiary/aromatic N) is 2. The van der Waals surface area contributed by atoms with Gasteiger partial charge in [-0.15, -0.1) is 0 Å². The first-order valence-corrected chi connectivity index (χ1v) is 14.7. The Bertz CT molecular complexity index is 1410. The van der Waals surface area contributed by atoms with Crippen LogP contribution in [0.5, 0.6) is 17.2 Å². The van der Waals surface area contributed by atoms with Crippen molar-refractivity contribution in [3.63, 3.8) is 0 Å². The van der Waals surface area contributed by atoms with Gasteiger partial charge < -0.3 is 29.0 Å². The number of amides is 2. The van der Waals surface area contributed by atoms with Crippen LogP contribution in [0.2, 0.25) is 5.02 Å². The molecule has 1 fully saturated rings. The first kappa shape index (κ1) is 28.6. The summed E-state index contributed by atoms with van der Waals surface area (Å²) in [6.07, 6.45) is -1.38. The molecule has 6 rings (SSSR count). The highest BCUT2D eigenvalue weighted by Gasteiger charge is 2.48. The molecule has 1 N–H and O–H groups in total. The number of ether oxygens (including phenoxy) is 4. The maximum atomic E-state index is 14.5.